The molecule has 5 nitrogen and oxygen atoms in total. The summed E-state index contributed by atoms with van der Waals surface area (Å²) in [6, 6.07) is 4.05. The lowest BCUT2D eigenvalue weighted by atomic mass is 9.97. The molecule has 0 bridgehead atoms. The van der Waals surface area contributed by atoms with Crippen LogP contribution in [-0.2, 0) is 4.79 Å². The zero-order valence-corrected chi connectivity index (χ0v) is 19.6. The molecule has 0 aromatic carbocycles. The van der Waals surface area contributed by atoms with Crippen molar-refractivity contribution in [2.24, 2.45) is 0 Å². The van der Waals surface area contributed by atoms with E-state index in [4.69, 9.17) is 0 Å². The maximum Gasteiger partial charge on any atom is 0.251 e. The number of fused-ring (bicyclic) bond motifs is 1. The van der Waals surface area contributed by atoms with Crippen molar-refractivity contribution in [2.45, 2.75) is 47.1 Å². The first-order chi connectivity index (χ1) is 14.9. The van der Waals surface area contributed by atoms with Gasteiger partial charge in [0.25, 0.3) is 5.91 Å². The summed E-state index contributed by atoms with van der Waals surface area (Å²) in [4.78, 5) is 21.7. The van der Waals surface area contributed by atoms with Crippen molar-refractivity contribution in [1.29, 1.82) is 0 Å². The molecule has 5 heteroatoms. The Morgan fingerprint density at radius 2 is 2.00 bits per heavy atom. The molecular weight excluding hydrogens is 384 g/mol. The summed E-state index contributed by atoms with van der Waals surface area (Å²) in [5.74, 6) is 0.00675. The van der Waals surface area contributed by atoms with E-state index in [9.17, 15) is 4.79 Å². The van der Waals surface area contributed by atoms with Crippen LogP contribution in [0, 0.1) is 6.92 Å². The number of amides is 1. The molecule has 4 heterocycles. The maximum atomic E-state index is 13.1. The van der Waals surface area contributed by atoms with Gasteiger partial charge in [0.05, 0.1) is 11.7 Å². The average molecular weight is 419 g/mol. The highest BCUT2D eigenvalue weighted by Gasteiger charge is 2.21. The van der Waals surface area contributed by atoms with Crippen LogP contribution in [0.4, 0.5) is 0 Å². The fourth-order valence-electron chi connectivity index (χ4n) is 3.83. The van der Waals surface area contributed by atoms with Crippen LogP contribution < -0.4 is 0 Å². The van der Waals surface area contributed by atoms with Crippen molar-refractivity contribution in [3.63, 3.8) is 0 Å². The van der Waals surface area contributed by atoms with E-state index in [0.29, 0.717) is 0 Å². The van der Waals surface area contributed by atoms with E-state index in [1.54, 1.807) is 6.08 Å². The lowest BCUT2D eigenvalue weighted by Crippen LogP contribution is -2.34. The van der Waals surface area contributed by atoms with E-state index in [1.807, 2.05) is 74.6 Å². The number of likely N-dealkylation sites (N-methyl/N-ethyl adjacent to an activating group) is 1. The van der Waals surface area contributed by atoms with Crippen molar-refractivity contribution >= 4 is 17.1 Å². The number of pyridine rings is 1. The topological polar surface area (TPSA) is 40.9 Å². The van der Waals surface area contributed by atoms with Crippen molar-refractivity contribution in [3.05, 3.63) is 77.4 Å². The Balaban J connectivity index is 0.00000132. The van der Waals surface area contributed by atoms with Crippen LogP contribution in [-0.4, -0.2) is 51.3 Å². The molecule has 164 valence electrons. The Labute approximate surface area is 186 Å². The predicted octanol–water partition coefficient (Wildman–Crippen LogP) is 5.00. The zero-order valence-electron chi connectivity index (χ0n) is 19.6. The Kier molecular flexibility index (Phi) is 7.29. The zero-order chi connectivity index (χ0) is 22.5. The van der Waals surface area contributed by atoms with Gasteiger partial charge in [0.15, 0.2) is 0 Å². The molecule has 0 spiro atoms. The SMILES string of the molecule is C/C(=C\C(=O)N1C=C(C2=CCN(C)CC2)C=CC1C)c1ccc2nc(C)cn2c1.CC. The Morgan fingerprint density at radius 3 is 2.71 bits per heavy atom. The molecule has 2 aliphatic heterocycles. The number of carbonyl (C=O) groups is 1. The van der Waals surface area contributed by atoms with Gasteiger partial charge in [-0.15, -0.1) is 0 Å². The minimum atomic E-state index is 0.00675. The second-order valence-corrected chi connectivity index (χ2v) is 8.06. The minimum Gasteiger partial charge on any atom is -0.308 e. The number of aryl methyl sites for hydroxylation is 1. The number of hydrogen-bond donors (Lipinski definition) is 0. The smallest absolute Gasteiger partial charge is 0.251 e. The summed E-state index contributed by atoms with van der Waals surface area (Å²) in [5, 5.41) is 0. The van der Waals surface area contributed by atoms with Gasteiger partial charge in [0, 0.05) is 37.8 Å². The summed E-state index contributed by atoms with van der Waals surface area (Å²) >= 11 is 0. The van der Waals surface area contributed by atoms with Gasteiger partial charge in [-0.25, -0.2) is 4.98 Å². The Bertz CT molecular complexity index is 1070. The number of nitrogens with zero attached hydrogens (tertiary/aromatic N) is 4. The lowest BCUT2D eigenvalue weighted by Gasteiger charge is -2.29. The van der Waals surface area contributed by atoms with Crippen LogP contribution in [0.15, 0.2) is 66.2 Å². The molecule has 0 N–H and O–H groups in total. The van der Waals surface area contributed by atoms with Gasteiger partial charge < -0.3 is 14.2 Å². The predicted molar refractivity (Wildman–Crippen MR) is 129 cm³/mol. The standard InChI is InChI=1S/C24H28N4O.C2H6/c1-17(21-7-8-23-25-18(2)14-27(23)15-21)13-24(29)28-16-22(6-5-19(28)3)20-9-11-26(4)12-10-20;1-2/h5-9,13-16,19H,10-12H2,1-4H3;1-2H3/b17-13+;. The van der Waals surface area contributed by atoms with Crippen LogP contribution in [0.2, 0.25) is 0 Å². The normalized spacial score (nSPS) is 19.6. The van der Waals surface area contributed by atoms with Gasteiger partial charge in [-0.1, -0.05) is 32.1 Å². The van der Waals surface area contributed by atoms with E-state index in [0.717, 1.165) is 47.6 Å². The molecule has 0 saturated carbocycles. The van der Waals surface area contributed by atoms with Gasteiger partial charge >= 0.3 is 0 Å². The molecule has 2 aromatic heterocycles. The largest absolute Gasteiger partial charge is 0.308 e. The van der Waals surface area contributed by atoms with Crippen molar-refractivity contribution in [1.82, 2.24) is 19.2 Å². The van der Waals surface area contributed by atoms with Gasteiger partial charge in [-0.05, 0) is 68.7 Å². The highest BCUT2D eigenvalue weighted by Crippen LogP contribution is 2.25. The Morgan fingerprint density at radius 1 is 1.23 bits per heavy atom. The third-order valence-electron chi connectivity index (χ3n) is 5.68. The van der Waals surface area contributed by atoms with E-state index in [-0.39, 0.29) is 11.9 Å². The quantitative estimate of drug-likeness (QED) is 0.658. The van der Waals surface area contributed by atoms with Gasteiger partial charge in [-0.2, -0.15) is 0 Å². The average Bonchev–Trinajstić information content (AvgIpc) is 3.15. The molecule has 0 saturated heterocycles. The third kappa shape index (κ3) is 5.23. The second-order valence-electron chi connectivity index (χ2n) is 8.06. The van der Waals surface area contributed by atoms with Crippen LogP contribution in [0.5, 0.6) is 0 Å². The van der Waals surface area contributed by atoms with Crippen LogP contribution >= 0.6 is 0 Å². The van der Waals surface area contributed by atoms with Crippen LogP contribution in [0.1, 0.15) is 45.4 Å². The number of hydrogen-bond acceptors (Lipinski definition) is 3. The summed E-state index contributed by atoms with van der Waals surface area (Å²) in [5.41, 5.74) is 6.33. The molecule has 1 atom stereocenters. The first-order valence-electron chi connectivity index (χ1n) is 11.1. The number of allylic oxidation sites excluding steroid dienone is 3. The summed E-state index contributed by atoms with van der Waals surface area (Å²) in [7, 11) is 2.13. The number of rotatable bonds is 3. The summed E-state index contributed by atoms with van der Waals surface area (Å²) in [6.07, 6.45) is 15.3. The summed E-state index contributed by atoms with van der Waals surface area (Å²) in [6.45, 7) is 12.0. The van der Waals surface area contributed by atoms with Crippen LogP contribution in [0.3, 0.4) is 0 Å². The third-order valence-corrected chi connectivity index (χ3v) is 5.68. The molecule has 4 rings (SSSR count). The number of aromatic nitrogens is 2. The second kappa shape index (κ2) is 9.92. The van der Waals surface area contributed by atoms with E-state index >= 15 is 0 Å². The van der Waals surface area contributed by atoms with Crippen molar-refractivity contribution in [3.8, 4) is 0 Å². The molecule has 0 aliphatic carbocycles. The molecule has 0 radical (unpaired) electrons. The van der Waals surface area contributed by atoms with Crippen molar-refractivity contribution < 1.29 is 4.79 Å². The van der Waals surface area contributed by atoms with E-state index in [2.05, 4.69) is 35.2 Å². The first-order valence-corrected chi connectivity index (χ1v) is 11.1. The molecule has 2 aliphatic rings. The highest BCUT2D eigenvalue weighted by molar-refractivity contribution is 5.96. The minimum absolute atomic E-state index is 0.00675. The fourth-order valence-corrected chi connectivity index (χ4v) is 3.83. The number of carbonyl (C=O) groups excluding carboxylic acids is 1. The first kappa shape index (κ1) is 22.8. The Hall–Kier alpha value is -2.92. The highest BCUT2D eigenvalue weighted by atomic mass is 16.2. The lowest BCUT2D eigenvalue weighted by molar-refractivity contribution is -0.124. The van der Waals surface area contributed by atoms with Gasteiger partial charge in [-0.3, -0.25) is 4.79 Å². The molecular formula is C26H34N4O. The van der Waals surface area contributed by atoms with E-state index < -0.39 is 0 Å². The monoisotopic (exact) mass is 418 g/mol. The molecule has 31 heavy (non-hydrogen) atoms. The maximum absolute atomic E-state index is 13.1. The molecule has 0 fully saturated rings. The summed E-state index contributed by atoms with van der Waals surface area (Å²) < 4.78 is 2.00. The van der Waals surface area contributed by atoms with Crippen LogP contribution in [0.25, 0.3) is 11.2 Å². The van der Waals surface area contributed by atoms with Crippen molar-refractivity contribution in [2.75, 3.05) is 20.1 Å². The van der Waals surface area contributed by atoms with Gasteiger partial charge in [0.2, 0.25) is 0 Å². The van der Waals surface area contributed by atoms with E-state index in [1.165, 1.54) is 5.57 Å². The molecule has 1 amide bonds. The number of imidazole rings is 1. The molecule has 1 unspecified atom stereocenters. The fraction of sp³-hybridized carbons (Fsp3) is 0.385. The van der Waals surface area contributed by atoms with Gasteiger partial charge in [0.1, 0.15) is 5.65 Å². The molecule has 2 aromatic rings.